The van der Waals surface area contributed by atoms with Gasteiger partial charge < -0.3 is 10.0 Å². The number of aliphatic hydroxyl groups excluding tert-OH is 1. The monoisotopic (exact) mass is 257 g/mol. The minimum atomic E-state index is -0.189. The highest BCUT2D eigenvalue weighted by molar-refractivity contribution is 5.96. The largest absolute Gasteiger partial charge is 0.395 e. The van der Waals surface area contributed by atoms with E-state index in [0.717, 1.165) is 0 Å². The van der Waals surface area contributed by atoms with E-state index < -0.39 is 0 Å². The lowest BCUT2D eigenvalue weighted by Gasteiger charge is -2.16. The first-order valence-electron chi connectivity index (χ1n) is 5.87. The number of pyridine rings is 1. The minimum Gasteiger partial charge on any atom is -0.395 e. The Balaban J connectivity index is 2.92. The highest BCUT2D eigenvalue weighted by Crippen LogP contribution is 2.09. The van der Waals surface area contributed by atoms with Crippen LogP contribution < -0.4 is 0 Å². The van der Waals surface area contributed by atoms with Crippen LogP contribution in [-0.4, -0.2) is 41.1 Å². The summed E-state index contributed by atoms with van der Waals surface area (Å²) >= 11 is 0. The maximum Gasteiger partial charge on any atom is 0.255 e. The van der Waals surface area contributed by atoms with Crippen molar-refractivity contribution in [2.24, 2.45) is 0 Å². The van der Waals surface area contributed by atoms with E-state index in [2.05, 4.69) is 16.8 Å². The molecule has 0 unspecified atom stereocenters. The highest BCUT2D eigenvalue weighted by atomic mass is 16.2. The fourth-order valence-corrected chi connectivity index (χ4v) is 1.42. The van der Waals surface area contributed by atoms with Gasteiger partial charge in [0.05, 0.1) is 30.2 Å². The van der Waals surface area contributed by atoms with Crippen LogP contribution in [0.2, 0.25) is 0 Å². The van der Waals surface area contributed by atoms with Crippen LogP contribution in [0.25, 0.3) is 0 Å². The molecule has 1 aromatic rings. The number of hydrogen-bond donors (Lipinski definition) is 1. The maximum atomic E-state index is 12.2. The van der Waals surface area contributed by atoms with E-state index in [9.17, 15) is 4.79 Å². The predicted octanol–water partition coefficient (Wildman–Crippen LogP) is 0.801. The van der Waals surface area contributed by atoms with Gasteiger partial charge >= 0.3 is 0 Å². The van der Waals surface area contributed by atoms with E-state index in [1.54, 1.807) is 13.1 Å². The van der Waals surface area contributed by atoms with Gasteiger partial charge in [-0.15, -0.1) is 0 Å². The van der Waals surface area contributed by atoms with E-state index in [0.29, 0.717) is 30.5 Å². The third-order valence-electron chi connectivity index (χ3n) is 2.42. The topological polar surface area (TPSA) is 77.2 Å². The Morgan fingerprint density at radius 2 is 2.32 bits per heavy atom. The van der Waals surface area contributed by atoms with Crippen molar-refractivity contribution in [1.29, 1.82) is 5.26 Å². The molecule has 0 atom stereocenters. The lowest BCUT2D eigenvalue weighted by atomic mass is 10.1. The van der Waals surface area contributed by atoms with Gasteiger partial charge in [0.25, 0.3) is 5.91 Å². The molecule has 1 N–H and O–H groups in total. The number of hydrogen-bond acceptors (Lipinski definition) is 4. The second kappa shape index (κ2) is 7.86. The molecule has 1 aromatic heterocycles. The van der Waals surface area contributed by atoms with Gasteiger partial charge in [-0.25, -0.2) is 0 Å². The van der Waals surface area contributed by atoms with Gasteiger partial charge in [0.15, 0.2) is 0 Å². The number of rotatable bonds is 4. The summed E-state index contributed by atoms with van der Waals surface area (Å²) in [6, 6.07) is 3.60. The van der Waals surface area contributed by atoms with E-state index in [-0.39, 0.29) is 12.5 Å². The van der Waals surface area contributed by atoms with E-state index in [1.165, 1.54) is 17.3 Å². The second-order valence-electron chi connectivity index (χ2n) is 3.83. The molecule has 1 rings (SSSR count). The molecular weight excluding hydrogens is 242 g/mol. The molecule has 5 nitrogen and oxygen atoms in total. The van der Waals surface area contributed by atoms with Crippen LogP contribution in [0.5, 0.6) is 0 Å². The molecule has 0 radical (unpaired) electrons. The first kappa shape index (κ1) is 14.7. The first-order valence-corrected chi connectivity index (χ1v) is 5.87. The highest BCUT2D eigenvalue weighted by Gasteiger charge is 2.14. The van der Waals surface area contributed by atoms with E-state index in [4.69, 9.17) is 10.4 Å². The quantitative estimate of drug-likeness (QED) is 0.809. The fraction of sp³-hybridized carbons (Fsp3) is 0.357. The third-order valence-corrected chi connectivity index (χ3v) is 2.42. The Morgan fingerprint density at radius 3 is 3.00 bits per heavy atom. The summed E-state index contributed by atoms with van der Waals surface area (Å²) in [5.74, 6) is 5.40. The zero-order valence-electron chi connectivity index (χ0n) is 10.8. The SMILES string of the molecule is CN(CCC#N)C(=O)c1ccncc1C#CCCO. The molecule has 0 aliphatic heterocycles. The summed E-state index contributed by atoms with van der Waals surface area (Å²) in [5.41, 5.74) is 0.991. The molecule has 1 amide bonds. The number of carbonyl (C=O) groups is 1. The van der Waals surface area contributed by atoms with Gasteiger partial charge in [0.1, 0.15) is 0 Å². The van der Waals surface area contributed by atoms with Gasteiger partial charge in [-0.2, -0.15) is 5.26 Å². The molecule has 19 heavy (non-hydrogen) atoms. The van der Waals surface area contributed by atoms with E-state index in [1.807, 2.05) is 6.07 Å². The maximum absolute atomic E-state index is 12.2. The molecule has 0 saturated carbocycles. The van der Waals surface area contributed by atoms with Gasteiger partial charge in [0.2, 0.25) is 0 Å². The molecule has 5 heteroatoms. The second-order valence-corrected chi connectivity index (χ2v) is 3.83. The Bertz CT molecular complexity index is 538. The van der Waals surface area contributed by atoms with Crippen molar-refractivity contribution >= 4 is 5.91 Å². The molecule has 0 aromatic carbocycles. The third kappa shape index (κ3) is 4.42. The van der Waals surface area contributed by atoms with Crippen LogP contribution in [0.15, 0.2) is 18.5 Å². The lowest BCUT2D eigenvalue weighted by Crippen LogP contribution is -2.28. The van der Waals surface area contributed by atoms with Gasteiger partial charge in [-0.05, 0) is 6.07 Å². The summed E-state index contributed by atoms with van der Waals surface area (Å²) in [6.07, 6.45) is 3.70. The van der Waals surface area contributed by atoms with Crippen molar-refractivity contribution < 1.29 is 9.90 Å². The molecule has 0 aliphatic rings. The van der Waals surface area contributed by atoms with Crippen molar-refractivity contribution in [2.75, 3.05) is 20.2 Å². The Labute approximate surface area is 112 Å². The summed E-state index contributed by atoms with van der Waals surface area (Å²) in [6.45, 7) is 0.361. The van der Waals surface area contributed by atoms with Crippen molar-refractivity contribution in [3.63, 3.8) is 0 Å². The Kier molecular flexibility index (Phi) is 6.08. The lowest BCUT2D eigenvalue weighted by molar-refractivity contribution is 0.0797. The van der Waals surface area contributed by atoms with Crippen molar-refractivity contribution in [2.45, 2.75) is 12.8 Å². The zero-order chi connectivity index (χ0) is 14.1. The van der Waals surface area contributed by atoms with Crippen LogP contribution in [-0.2, 0) is 0 Å². The predicted molar refractivity (Wildman–Crippen MR) is 70.0 cm³/mol. The fourth-order valence-electron chi connectivity index (χ4n) is 1.42. The summed E-state index contributed by atoms with van der Waals surface area (Å²) in [5, 5.41) is 17.2. The average molecular weight is 257 g/mol. The number of amides is 1. The standard InChI is InChI=1S/C14H15N3O2/c1-17(9-4-7-15)14(19)13-6-8-16-11-12(13)5-2-3-10-18/h6,8,11,18H,3-4,9-10H2,1H3. The van der Waals surface area contributed by atoms with Gasteiger partial charge in [-0.1, -0.05) is 11.8 Å². The van der Waals surface area contributed by atoms with Crippen LogP contribution >= 0.6 is 0 Å². The van der Waals surface area contributed by atoms with Crippen molar-refractivity contribution in [3.8, 4) is 17.9 Å². The molecule has 0 spiro atoms. The van der Waals surface area contributed by atoms with Gasteiger partial charge in [0, 0.05) is 32.4 Å². The molecule has 98 valence electrons. The van der Waals surface area contributed by atoms with E-state index >= 15 is 0 Å². The molecular formula is C14H15N3O2. The number of carbonyl (C=O) groups excluding carboxylic acids is 1. The molecule has 0 fully saturated rings. The number of nitrogens with zero attached hydrogens (tertiary/aromatic N) is 3. The average Bonchev–Trinajstić information content (AvgIpc) is 2.44. The van der Waals surface area contributed by atoms with Crippen LogP contribution in [0.1, 0.15) is 28.8 Å². The van der Waals surface area contributed by atoms with Crippen LogP contribution in [0.3, 0.4) is 0 Å². The molecule has 0 bridgehead atoms. The van der Waals surface area contributed by atoms with Crippen LogP contribution in [0.4, 0.5) is 0 Å². The molecule has 0 aliphatic carbocycles. The normalized spacial score (nSPS) is 9.11. The number of nitriles is 1. The Morgan fingerprint density at radius 1 is 1.53 bits per heavy atom. The first-order chi connectivity index (χ1) is 9.20. The smallest absolute Gasteiger partial charge is 0.255 e. The van der Waals surface area contributed by atoms with Crippen molar-refractivity contribution in [1.82, 2.24) is 9.88 Å². The summed E-state index contributed by atoms with van der Waals surface area (Å²) < 4.78 is 0. The summed E-state index contributed by atoms with van der Waals surface area (Å²) in [7, 11) is 1.64. The minimum absolute atomic E-state index is 0.0153. The summed E-state index contributed by atoms with van der Waals surface area (Å²) in [4.78, 5) is 17.6. The van der Waals surface area contributed by atoms with Crippen molar-refractivity contribution in [3.05, 3.63) is 29.6 Å². The zero-order valence-corrected chi connectivity index (χ0v) is 10.8. The molecule has 1 heterocycles. The van der Waals surface area contributed by atoms with Gasteiger partial charge in [-0.3, -0.25) is 9.78 Å². The molecule has 0 saturated heterocycles. The van der Waals surface area contributed by atoms with Crippen LogP contribution in [0, 0.1) is 23.2 Å². The number of aliphatic hydroxyl groups is 1. The number of aromatic nitrogens is 1. The Hall–Kier alpha value is -2.37.